The van der Waals surface area contributed by atoms with Gasteiger partial charge in [-0.05, 0) is 32.9 Å². The Morgan fingerprint density at radius 3 is 2.31 bits per heavy atom. The molecule has 1 rings (SSSR count). The zero-order valence-electron chi connectivity index (χ0n) is 9.52. The summed E-state index contributed by atoms with van der Waals surface area (Å²) in [5, 5.41) is 31.8. The molecule has 0 fully saturated rings. The third-order valence-electron chi connectivity index (χ3n) is 1.76. The van der Waals surface area contributed by atoms with Crippen molar-refractivity contribution in [3.05, 3.63) is 17.7 Å². The van der Waals surface area contributed by atoms with E-state index in [4.69, 9.17) is 5.11 Å². The molecule has 0 aliphatic heterocycles. The summed E-state index contributed by atoms with van der Waals surface area (Å²) in [6.45, 7) is 5.83. The topological polar surface area (TPSA) is 85.1 Å². The van der Waals surface area contributed by atoms with Crippen molar-refractivity contribution in [2.24, 2.45) is 5.10 Å². The molecule has 4 N–H and O–H groups in total. The molecule has 0 amide bonds. The van der Waals surface area contributed by atoms with Gasteiger partial charge in [-0.2, -0.15) is 5.10 Å². The van der Waals surface area contributed by atoms with Crippen LogP contribution in [0.4, 0.5) is 0 Å². The average molecular weight is 224 g/mol. The molecule has 1 aromatic carbocycles. The third-order valence-corrected chi connectivity index (χ3v) is 1.76. The molecule has 0 aliphatic carbocycles. The van der Waals surface area contributed by atoms with Gasteiger partial charge >= 0.3 is 0 Å². The molecule has 5 nitrogen and oxygen atoms in total. The number of nitrogens with one attached hydrogen (secondary N) is 1. The minimum Gasteiger partial charge on any atom is -0.504 e. The summed E-state index contributed by atoms with van der Waals surface area (Å²) in [6, 6.07) is 2.74. The molecule has 0 bridgehead atoms. The van der Waals surface area contributed by atoms with Gasteiger partial charge in [-0.1, -0.05) is 0 Å². The first kappa shape index (κ1) is 12.2. The lowest BCUT2D eigenvalue weighted by atomic mass is 10.1. The SMILES string of the molecule is CC(C)(C)NN=Cc1ccc(O)c(O)c1O. The Morgan fingerprint density at radius 1 is 1.12 bits per heavy atom. The lowest BCUT2D eigenvalue weighted by Gasteiger charge is -2.17. The van der Waals surface area contributed by atoms with Gasteiger partial charge in [-0.3, -0.25) is 0 Å². The lowest BCUT2D eigenvalue weighted by molar-refractivity contribution is 0.367. The molecule has 0 heterocycles. The highest BCUT2D eigenvalue weighted by Gasteiger charge is 2.10. The van der Waals surface area contributed by atoms with E-state index in [-0.39, 0.29) is 17.0 Å². The van der Waals surface area contributed by atoms with E-state index in [9.17, 15) is 10.2 Å². The Hall–Kier alpha value is -1.91. The first-order valence-electron chi connectivity index (χ1n) is 4.85. The van der Waals surface area contributed by atoms with Crippen LogP contribution in [0, 0.1) is 0 Å². The van der Waals surface area contributed by atoms with Crippen LogP contribution in [-0.2, 0) is 0 Å². The smallest absolute Gasteiger partial charge is 0.200 e. The van der Waals surface area contributed by atoms with Crippen molar-refractivity contribution in [3.63, 3.8) is 0 Å². The largest absolute Gasteiger partial charge is 0.504 e. The van der Waals surface area contributed by atoms with Crippen LogP contribution in [0.1, 0.15) is 26.3 Å². The fourth-order valence-electron chi connectivity index (χ4n) is 0.984. The zero-order chi connectivity index (χ0) is 12.3. The normalized spacial score (nSPS) is 11.9. The second kappa shape index (κ2) is 4.30. The minimum absolute atomic E-state index is 0.176. The highest BCUT2D eigenvalue weighted by atomic mass is 16.3. The number of hydrazone groups is 1. The second-order valence-corrected chi connectivity index (χ2v) is 4.49. The highest BCUT2D eigenvalue weighted by Crippen LogP contribution is 2.36. The highest BCUT2D eigenvalue weighted by molar-refractivity contribution is 5.85. The molecule has 0 saturated carbocycles. The first-order valence-corrected chi connectivity index (χ1v) is 4.85. The summed E-state index contributed by atoms with van der Waals surface area (Å²) in [5.41, 5.74) is 3.00. The minimum atomic E-state index is -0.542. The molecule has 0 aliphatic rings. The molecule has 1 aromatic rings. The van der Waals surface area contributed by atoms with Crippen molar-refractivity contribution in [2.75, 3.05) is 0 Å². The van der Waals surface area contributed by atoms with E-state index < -0.39 is 5.75 Å². The van der Waals surface area contributed by atoms with Crippen molar-refractivity contribution >= 4 is 6.21 Å². The monoisotopic (exact) mass is 224 g/mol. The molecule has 0 radical (unpaired) electrons. The van der Waals surface area contributed by atoms with E-state index in [0.717, 1.165) is 0 Å². The van der Waals surface area contributed by atoms with Gasteiger partial charge in [0.25, 0.3) is 0 Å². The Kier molecular flexibility index (Phi) is 3.27. The van der Waals surface area contributed by atoms with Crippen LogP contribution in [0.3, 0.4) is 0 Å². The summed E-state index contributed by atoms with van der Waals surface area (Å²) in [5.74, 6) is -1.29. The summed E-state index contributed by atoms with van der Waals surface area (Å²) < 4.78 is 0. The summed E-state index contributed by atoms with van der Waals surface area (Å²) in [6.07, 6.45) is 1.37. The average Bonchev–Trinajstić information content (AvgIpc) is 2.16. The summed E-state index contributed by atoms with van der Waals surface area (Å²) >= 11 is 0. The van der Waals surface area contributed by atoms with E-state index in [0.29, 0.717) is 5.56 Å². The number of phenolic OH excluding ortho intramolecular Hbond substituents is 3. The fourth-order valence-corrected chi connectivity index (χ4v) is 0.984. The first-order chi connectivity index (χ1) is 7.31. The molecular weight excluding hydrogens is 208 g/mol. The number of rotatable bonds is 2. The Labute approximate surface area is 94.1 Å². The summed E-state index contributed by atoms with van der Waals surface area (Å²) in [7, 11) is 0. The van der Waals surface area contributed by atoms with Gasteiger partial charge < -0.3 is 20.7 Å². The van der Waals surface area contributed by atoms with Crippen LogP contribution in [-0.4, -0.2) is 27.1 Å². The lowest BCUT2D eigenvalue weighted by Crippen LogP contribution is -2.31. The number of hydrogen-bond acceptors (Lipinski definition) is 5. The zero-order valence-corrected chi connectivity index (χ0v) is 9.52. The van der Waals surface area contributed by atoms with Gasteiger partial charge in [0.1, 0.15) is 0 Å². The van der Waals surface area contributed by atoms with Gasteiger partial charge in [-0.15, -0.1) is 0 Å². The number of hydrogen-bond donors (Lipinski definition) is 4. The van der Waals surface area contributed by atoms with Crippen LogP contribution in [0.2, 0.25) is 0 Å². The van der Waals surface area contributed by atoms with Gasteiger partial charge in [0, 0.05) is 11.1 Å². The Morgan fingerprint density at radius 2 is 1.75 bits per heavy atom. The molecule has 0 spiro atoms. The molecule has 0 aromatic heterocycles. The van der Waals surface area contributed by atoms with E-state index >= 15 is 0 Å². The van der Waals surface area contributed by atoms with Crippen molar-refractivity contribution in [2.45, 2.75) is 26.3 Å². The van der Waals surface area contributed by atoms with Gasteiger partial charge in [0.15, 0.2) is 11.5 Å². The van der Waals surface area contributed by atoms with Gasteiger partial charge in [0.05, 0.1) is 6.21 Å². The van der Waals surface area contributed by atoms with E-state index in [1.807, 2.05) is 20.8 Å². The van der Waals surface area contributed by atoms with Gasteiger partial charge in [-0.25, -0.2) is 0 Å². The Balaban J connectivity index is 2.87. The van der Waals surface area contributed by atoms with Crippen LogP contribution in [0.15, 0.2) is 17.2 Å². The van der Waals surface area contributed by atoms with E-state index in [1.54, 1.807) is 0 Å². The number of phenols is 3. The standard InChI is InChI=1S/C11H16N2O3/c1-11(2,3)13-12-6-7-4-5-8(14)10(16)9(7)15/h4-6,13-16H,1-3H3. The van der Waals surface area contributed by atoms with E-state index in [1.165, 1.54) is 18.3 Å². The molecule has 0 saturated heterocycles. The van der Waals surface area contributed by atoms with Crippen molar-refractivity contribution in [3.8, 4) is 17.2 Å². The van der Waals surface area contributed by atoms with E-state index in [2.05, 4.69) is 10.5 Å². The maximum absolute atomic E-state index is 9.48. The fraction of sp³-hybridized carbons (Fsp3) is 0.364. The second-order valence-electron chi connectivity index (χ2n) is 4.49. The number of aromatic hydroxyl groups is 3. The quantitative estimate of drug-likeness (QED) is 0.348. The summed E-state index contributed by atoms with van der Waals surface area (Å²) in [4.78, 5) is 0. The van der Waals surface area contributed by atoms with Gasteiger partial charge in [0.2, 0.25) is 5.75 Å². The predicted molar refractivity (Wildman–Crippen MR) is 61.9 cm³/mol. The predicted octanol–water partition coefficient (Wildman–Crippen LogP) is 1.53. The van der Waals surface area contributed by atoms with Crippen LogP contribution in [0.5, 0.6) is 17.2 Å². The van der Waals surface area contributed by atoms with Crippen molar-refractivity contribution in [1.29, 1.82) is 0 Å². The van der Waals surface area contributed by atoms with Crippen molar-refractivity contribution < 1.29 is 15.3 Å². The molecule has 16 heavy (non-hydrogen) atoms. The van der Waals surface area contributed by atoms with Crippen LogP contribution < -0.4 is 5.43 Å². The maximum atomic E-state index is 9.48. The molecule has 0 unspecified atom stereocenters. The number of benzene rings is 1. The van der Waals surface area contributed by atoms with Crippen LogP contribution >= 0.6 is 0 Å². The number of nitrogens with zero attached hydrogens (tertiary/aromatic N) is 1. The molecule has 5 heteroatoms. The van der Waals surface area contributed by atoms with Crippen LogP contribution in [0.25, 0.3) is 0 Å². The Bertz CT molecular complexity index is 408. The van der Waals surface area contributed by atoms with Crippen molar-refractivity contribution in [1.82, 2.24) is 5.43 Å². The molecule has 0 atom stereocenters. The maximum Gasteiger partial charge on any atom is 0.200 e. The third kappa shape index (κ3) is 3.05. The molecular formula is C11H16N2O3. The molecule has 88 valence electrons.